The fourth-order valence-electron chi connectivity index (χ4n) is 5.31. The van der Waals surface area contributed by atoms with Gasteiger partial charge in [0.2, 0.25) is 5.91 Å². The largest absolute Gasteiger partial charge is 0.497 e. The number of methoxy groups -OCH3 is 1. The Morgan fingerprint density at radius 1 is 1.18 bits per heavy atom. The summed E-state index contributed by atoms with van der Waals surface area (Å²) in [7, 11) is 1.64. The average molecular weight is 470 g/mol. The zero-order valence-electron chi connectivity index (χ0n) is 21.1. The lowest BCUT2D eigenvalue weighted by atomic mass is 9.93. The van der Waals surface area contributed by atoms with Crippen molar-refractivity contribution < 1.29 is 19.1 Å². The Kier molecular flexibility index (Phi) is 7.51. The van der Waals surface area contributed by atoms with Crippen LogP contribution in [0, 0.1) is 0 Å². The van der Waals surface area contributed by atoms with Gasteiger partial charge in [0, 0.05) is 30.6 Å². The maximum atomic E-state index is 13.8. The molecule has 186 valence electrons. The van der Waals surface area contributed by atoms with Gasteiger partial charge in [-0.1, -0.05) is 25.7 Å². The first-order valence-corrected chi connectivity index (χ1v) is 12.8. The van der Waals surface area contributed by atoms with Gasteiger partial charge in [-0.3, -0.25) is 9.59 Å². The Balaban J connectivity index is 1.66. The molecule has 1 aliphatic heterocycles. The maximum absolute atomic E-state index is 13.8. The second kappa shape index (κ2) is 10.4. The molecule has 0 radical (unpaired) electrons. The summed E-state index contributed by atoms with van der Waals surface area (Å²) < 4.78 is 13.1. The number of hydrogen-bond donors (Lipinski definition) is 1. The van der Waals surface area contributed by atoms with Crippen molar-refractivity contribution in [1.82, 2.24) is 14.8 Å². The Bertz CT molecular complexity index is 1020. The summed E-state index contributed by atoms with van der Waals surface area (Å²) in [5.41, 5.74) is 0.551. The Hall–Kier alpha value is -2.54. The molecule has 4 rings (SSSR count). The molecule has 1 N–H and O–H groups in total. The van der Waals surface area contributed by atoms with Gasteiger partial charge in [-0.15, -0.1) is 0 Å². The molecule has 2 amide bonds. The van der Waals surface area contributed by atoms with Gasteiger partial charge in [-0.25, -0.2) is 0 Å². The molecule has 7 heteroatoms. The van der Waals surface area contributed by atoms with Gasteiger partial charge in [0.15, 0.2) is 0 Å². The van der Waals surface area contributed by atoms with Gasteiger partial charge >= 0.3 is 0 Å². The molecule has 1 aliphatic carbocycles. The lowest BCUT2D eigenvalue weighted by molar-refractivity contribution is -0.133. The van der Waals surface area contributed by atoms with E-state index in [0.717, 1.165) is 42.3 Å². The summed E-state index contributed by atoms with van der Waals surface area (Å²) in [6, 6.07) is 7.92. The van der Waals surface area contributed by atoms with Crippen molar-refractivity contribution in [3.8, 4) is 5.75 Å². The van der Waals surface area contributed by atoms with E-state index in [0.29, 0.717) is 31.8 Å². The third-order valence-electron chi connectivity index (χ3n) is 7.29. The number of carbonyl (C=O) groups excluding carboxylic acids is 2. The van der Waals surface area contributed by atoms with Crippen molar-refractivity contribution in [2.45, 2.75) is 89.9 Å². The van der Waals surface area contributed by atoms with Gasteiger partial charge < -0.3 is 24.3 Å². The predicted molar refractivity (Wildman–Crippen MR) is 133 cm³/mol. The van der Waals surface area contributed by atoms with Crippen LogP contribution in [-0.4, -0.2) is 59.2 Å². The van der Waals surface area contributed by atoms with Crippen molar-refractivity contribution in [3.05, 3.63) is 30.0 Å². The number of ether oxygens (including phenoxy) is 2. The molecule has 7 nitrogen and oxygen atoms in total. The van der Waals surface area contributed by atoms with E-state index in [-0.39, 0.29) is 24.0 Å². The summed E-state index contributed by atoms with van der Waals surface area (Å²) in [6.07, 6.45) is 7.57. The van der Waals surface area contributed by atoms with Crippen LogP contribution in [0.2, 0.25) is 0 Å². The summed E-state index contributed by atoms with van der Waals surface area (Å²) in [6.45, 7) is 7.36. The molecule has 1 aromatic carbocycles. The van der Waals surface area contributed by atoms with E-state index >= 15 is 0 Å². The van der Waals surface area contributed by atoms with Crippen LogP contribution in [0.1, 0.15) is 76.2 Å². The molecule has 2 aliphatic rings. The lowest BCUT2D eigenvalue weighted by Crippen LogP contribution is -2.65. The van der Waals surface area contributed by atoms with Crippen LogP contribution in [0.5, 0.6) is 5.75 Å². The van der Waals surface area contributed by atoms with Crippen molar-refractivity contribution in [2.75, 3.05) is 20.3 Å². The first-order chi connectivity index (χ1) is 16.3. The van der Waals surface area contributed by atoms with E-state index < -0.39 is 5.54 Å². The number of nitrogens with one attached hydrogen (secondary N) is 1. The number of nitrogens with zero attached hydrogens (tertiary/aromatic N) is 2. The number of amides is 2. The Labute approximate surface area is 202 Å². The van der Waals surface area contributed by atoms with Crippen LogP contribution in [-0.2, 0) is 16.1 Å². The number of rotatable bonds is 8. The molecule has 0 bridgehead atoms. The second-order valence-corrected chi connectivity index (χ2v) is 10.2. The minimum absolute atomic E-state index is 0.0621. The molecule has 1 saturated carbocycles. The smallest absolute Gasteiger partial charge is 0.271 e. The topological polar surface area (TPSA) is 72.8 Å². The Morgan fingerprint density at radius 2 is 1.91 bits per heavy atom. The summed E-state index contributed by atoms with van der Waals surface area (Å²) in [4.78, 5) is 29.4. The van der Waals surface area contributed by atoms with E-state index in [1.165, 1.54) is 12.8 Å². The van der Waals surface area contributed by atoms with E-state index in [1.54, 1.807) is 12.0 Å². The molecule has 34 heavy (non-hydrogen) atoms. The first kappa shape index (κ1) is 24.6. The summed E-state index contributed by atoms with van der Waals surface area (Å²) in [5, 5.41) is 4.29. The highest BCUT2D eigenvalue weighted by atomic mass is 16.5. The number of fused-ring (bicyclic) bond motifs is 3. The van der Waals surface area contributed by atoms with Gasteiger partial charge in [0.05, 0.1) is 25.3 Å². The SMILES string of the molecule is COc1ccc2cc3n(c2c1)C[C@@](C)(C(=O)NC1CCCCCC1)N(CCCOC(C)C)C3=O. The summed E-state index contributed by atoms with van der Waals surface area (Å²) >= 11 is 0. The van der Waals surface area contributed by atoms with Crippen LogP contribution in [0.3, 0.4) is 0 Å². The van der Waals surface area contributed by atoms with Gasteiger partial charge in [0.1, 0.15) is 17.0 Å². The fraction of sp³-hybridized carbons (Fsp3) is 0.630. The molecular weight excluding hydrogens is 430 g/mol. The van der Waals surface area contributed by atoms with E-state index in [4.69, 9.17) is 9.47 Å². The monoisotopic (exact) mass is 469 g/mol. The van der Waals surface area contributed by atoms with Crippen molar-refractivity contribution in [2.24, 2.45) is 0 Å². The normalized spacial score (nSPS) is 21.6. The zero-order chi connectivity index (χ0) is 24.3. The van der Waals surface area contributed by atoms with Crippen molar-refractivity contribution in [1.29, 1.82) is 0 Å². The highest BCUT2D eigenvalue weighted by molar-refractivity contribution is 6.03. The second-order valence-electron chi connectivity index (χ2n) is 10.2. The van der Waals surface area contributed by atoms with E-state index in [2.05, 4.69) is 5.32 Å². The van der Waals surface area contributed by atoms with Crippen molar-refractivity contribution >= 4 is 22.7 Å². The maximum Gasteiger partial charge on any atom is 0.271 e. The van der Waals surface area contributed by atoms with Crippen LogP contribution in [0.4, 0.5) is 0 Å². The number of carbonyl (C=O) groups is 2. The lowest BCUT2D eigenvalue weighted by Gasteiger charge is -2.44. The molecule has 2 heterocycles. The molecule has 0 unspecified atom stereocenters. The Morgan fingerprint density at radius 3 is 2.59 bits per heavy atom. The first-order valence-electron chi connectivity index (χ1n) is 12.8. The summed E-state index contributed by atoms with van der Waals surface area (Å²) in [5.74, 6) is 0.566. The molecule has 1 aromatic heterocycles. The highest BCUT2D eigenvalue weighted by Gasteiger charge is 2.47. The zero-order valence-corrected chi connectivity index (χ0v) is 21.1. The van der Waals surface area contributed by atoms with Crippen LogP contribution >= 0.6 is 0 Å². The minimum Gasteiger partial charge on any atom is -0.497 e. The molecule has 0 spiro atoms. The van der Waals surface area contributed by atoms with Crippen LogP contribution in [0.25, 0.3) is 10.9 Å². The molecule has 1 fully saturated rings. The number of benzene rings is 1. The fourth-order valence-corrected chi connectivity index (χ4v) is 5.31. The number of aromatic nitrogens is 1. The van der Waals surface area contributed by atoms with Crippen LogP contribution < -0.4 is 10.1 Å². The third kappa shape index (κ3) is 4.95. The van der Waals surface area contributed by atoms with Crippen LogP contribution in [0.15, 0.2) is 24.3 Å². The number of hydrogen-bond acceptors (Lipinski definition) is 4. The van der Waals surface area contributed by atoms with Gasteiger partial charge in [-0.05, 0) is 58.2 Å². The van der Waals surface area contributed by atoms with E-state index in [9.17, 15) is 9.59 Å². The molecule has 0 saturated heterocycles. The third-order valence-corrected chi connectivity index (χ3v) is 7.29. The van der Waals surface area contributed by atoms with Gasteiger partial charge in [-0.2, -0.15) is 0 Å². The predicted octanol–water partition coefficient (Wildman–Crippen LogP) is 4.52. The molecule has 2 aromatic rings. The van der Waals surface area contributed by atoms with Gasteiger partial charge in [0.25, 0.3) is 5.91 Å². The highest BCUT2D eigenvalue weighted by Crippen LogP contribution is 2.34. The quantitative estimate of drug-likeness (QED) is 0.456. The van der Waals surface area contributed by atoms with Crippen molar-refractivity contribution in [3.63, 3.8) is 0 Å². The average Bonchev–Trinajstić information content (AvgIpc) is 2.97. The molecular formula is C27H39N3O4. The minimum atomic E-state index is -0.983. The van der Waals surface area contributed by atoms with E-state index in [1.807, 2.05) is 49.6 Å². The standard InChI is InChI=1S/C27H39N3O4/c1-19(2)34-15-9-14-30-25(31)24-16-20-12-13-22(33-4)17-23(20)29(24)18-27(30,3)26(32)28-21-10-7-5-6-8-11-21/h12-13,16-17,19,21H,5-11,14-15,18H2,1-4H3,(H,28,32)/t27-/m0/s1. The molecule has 1 atom stereocenters.